The summed E-state index contributed by atoms with van der Waals surface area (Å²) < 4.78 is 12.8. The van der Waals surface area contributed by atoms with E-state index >= 15 is 0 Å². The summed E-state index contributed by atoms with van der Waals surface area (Å²) in [6, 6.07) is 5.26. The Morgan fingerprint density at radius 1 is 1.55 bits per heavy atom. The van der Waals surface area contributed by atoms with Crippen LogP contribution in [0.4, 0.5) is 4.39 Å². The second-order valence-electron chi connectivity index (χ2n) is 2.63. The van der Waals surface area contributed by atoms with Gasteiger partial charge in [-0.25, -0.2) is 4.39 Å². The quantitative estimate of drug-likeness (QED) is 0.643. The molecule has 0 radical (unpaired) electrons. The van der Waals surface area contributed by atoms with E-state index in [4.69, 9.17) is 11.6 Å². The lowest BCUT2D eigenvalue weighted by Gasteiger charge is -1.97. The lowest BCUT2D eigenvalue weighted by Crippen LogP contribution is -1.85. The molecule has 1 unspecified atom stereocenters. The van der Waals surface area contributed by atoms with Crippen molar-refractivity contribution >= 4 is 11.6 Å². The van der Waals surface area contributed by atoms with Crippen LogP contribution < -0.4 is 5.32 Å². The highest BCUT2D eigenvalue weighted by molar-refractivity contribution is 6.30. The van der Waals surface area contributed by atoms with Gasteiger partial charge in [0, 0.05) is 12.6 Å². The average molecular weight is 172 g/mol. The van der Waals surface area contributed by atoms with Crippen LogP contribution in [0.25, 0.3) is 0 Å². The van der Waals surface area contributed by atoms with E-state index in [1.165, 1.54) is 6.07 Å². The van der Waals surface area contributed by atoms with Gasteiger partial charge in [0.15, 0.2) is 0 Å². The molecule has 0 aliphatic carbocycles. The van der Waals surface area contributed by atoms with Crippen LogP contribution in [0.15, 0.2) is 18.2 Å². The summed E-state index contributed by atoms with van der Waals surface area (Å²) in [5.41, 5.74) is 0.979. The molecule has 1 saturated heterocycles. The third kappa shape index (κ3) is 1.37. The first kappa shape index (κ1) is 7.07. The topological polar surface area (TPSA) is 21.9 Å². The molecule has 1 aromatic carbocycles. The monoisotopic (exact) mass is 171 g/mol. The highest BCUT2D eigenvalue weighted by Gasteiger charge is 2.22. The normalized spacial score (nSPS) is 21.8. The second kappa shape index (κ2) is 2.47. The van der Waals surface area contributed by atoms with E-state index in [1.54, 1.807) is 6.07 Å². The molecule has 3 heteroatoms. The zero-order chi connectivity index (χ0) is 7.84. The molecule has 0 amide bonds. The van der Waals surface area contributed by atoms with Crippen molar-refractivity contribution in [2.24, 2.45) is 0 Å². The van der Waals surface area contributed by atoms with E-state index in [9.17, 15) is 4.39 Å². The smallest absolute Gasteiger partial charge is 0.142 e. The molecule has 0 aromatic heterocycles. The largest absolute Gasteiger partial charge is 0.307 e. The van der Waals surface area contributed by atoms with Crippen molar-refractivity contribution in [1.29, 1.82) is 0 Å². The summed E-state index contributed by atoms with van der Waals surface area (Å²) >= 11 is 5.51. The Balaban J connectivity index is 2.36. The molecule has 0 bridgehead atoms. The van der Waals surface area contributed by atoms with Gasteiger partial charge in [0.2, 0.25) is 0 Å². The molecule has 2 rings (SSSR count). The van der Waals surface area contributed by atoms with Crippen LogP contribution in [0.3, 0.4) is 0 Å². The van der Waals surface area contributed by atoms with Crippen LogP contribution in [-0.4, -0.2) is 6.54 Å². The fraction of sp³-hybridized carbons (Fsp3) is 0.250. The molecule has 0 saturated carbocycles. The number of rotatable bonds is 1. The van der Waals surface area contributed by atoms with E-state index < -0.39 is 0 Å². The van der Waals surface area contributed by atoms with Gasteiger partial charge < -0.3 is 5.32 Å². The predicted octanol–water partition coefficient (Wildman–Crippen LogP) is 2.12. The summed E-state index contributed by atoms with van der Waals surface area (Å²) in [7, 11) is 0. The van der Waals surface area contributed by atoms with E-state index in [2.05, 4.69) is 5.32 Å². The minimum atomic E-state index is -0.335. The van der Waals surface area contributed by atoms with Gasteiger partial charge in [-0.2, -0.15) is 0 Å². The standard InChI is InChI=1S/C8H7ClFN/c9-6-2-1-5(3-7(6)10)8-4-11-8/h1-3,8,11H,4H2. The van der Waals surface area contributed by atoms with Gasteiger partial charge >= 0.3 is 0 Å². The maximum Gasteiger partial charge on any atom is 0.142 e. The molecule has 0 spiro atoms. The Kier molecular flexibility index (Phi) is 1.59. The van der Waals surface area contributed by atoms with Crippen molar-refractivity contribution in [1.82, 2.24) is 5.32 Å². The minimum absolute atomic E-state index is 0.189. The number of benzene rings is 1. The second-order valence-corrected chi connectivity index (χ2v) is 3.04. The Labute approximate surface area is 69.2 Å². The molecule has 58 valence electrons. The van der Waals surface area contributed by atoms with Crippen molar-refractivity contribution < 1.29 is 4.39 Å². The number of nitrogens with one attached hydrogen (secondary N) is 1. The van der Waals surface area contributed by atoms with Gasteiger partial charge in [-0.1, -0.05) is 17.7 Å². The van der Waals surface area contributed by atoms with Crippen molar-refractivity contribution in [3.8, 4) is 0 Å². The number of hydrogen-bond acceptors (Lipinski definition) is 1. The minimum Gasteiger partial charge on any atom is -0.307 e. The molecule has 1 N–H and O–H groups in total. The fourth-order valence-corrected chi connectivity index (χ4v) is 1.14. The molecule has 1 aromatic rings. The molecule has 1 aliphatic rings. The number of hydrogen-bond donors (Lipinski definition) is 1. The maximum atomic E-state index is 12.8. The Morgan fingerprint density at radius 3 is 2.82 bits per heavy atom. The molecular weight excluding hydrogens is 165 g/mol. The Morgan fingerprint density at radius 2 is 2.27 bits per heavy atom. The van der Waals surface area contributed by atoms with Gasteiger partial charge in [-0.05, 0) is 17.7 Å². The van der Waals surface area contributed by atoms with E-state index in [-0.39, 0.29) is 10.8 Å². The van der Waals surface area contributed by atoms with E-state index in [0.717, 1.165) is 12.1 Å². The fourth-order valence-electron chi connectivity index (χ4n) is 1.02. The average Bonchev–Trinajstić information content (AvgIpc) is 2.77. The van der Waals surface area contributed by atoms with Crippen LogP contribution >= 0.6 is 11.6 Å². The van der Waals surface area contributed by atoms with Gasteiger partial charge in [0.1, 0.15) is 5.82 Å². The van der Waals surface area contributed by atoms with Crippen LogP contribution in [0.2, 0.25) is 5.02 Å². The van der Waals surface area contributed by atoms with Crippen LogP contribution in [0.1, 0.15) is 11.6 Å². The summed E-state index contributed by atoms with van der Waals surface area (Å²) in [5, 5.41) is 3.28. The highest BCUT2D eigenvalue weighted by Crippen LogP contribution is 2.24. The summed E-state index contributed by atoms with van der Waals surface area (Å²) in [6.07, 6.45) is 0. The lowest BCUT2D eigenvalue weighted by atomic mass is 10.1. The predicted molar refractivity (Wildman–Crippen MR) is 42.2 cm³/mol. The van der Waals surface area contributed by atoms with Crippen molar-refractivity contribution in [2.45, 2.75) is 6.04 Å². The van der Waals surface area contributed by atoms with Crippen LogP contribution in [-0.2, 0) is 0 Å². The molecule has 1 aliphatic heterocycles. The highest BCUT2D eigenvalue weighted by atomic mass is 35.5. The Bertz CT molecular complexity index is 283. The van der Waals surface area contributed by atoms with Crippen molar-refractivity contribution in [2.75, 3.05) is 6.54 Å². The summed E-state index contributed by atoms with van der Waals surface area (Å²) in [4.78, 5) is 0. The zero-order valence-corrected chi connectivity index (χ0v) is 6.53. The SMILES string of the molecule is Fc1cc(C2CN2)ccc1Cl. The van der Waals surface area contributed by atoms with Gasteiger partial charge in [0.25, 0.3) is 0 Å². The lowest BCUT2D eigenvalue weighted by molar-refractivity contribution is 0.626. The molecule has 1 atom stereocenters. The van der Waals surface area contributed by atoms with Crippen molar-refractivity contribution in [3.05, 3.63) is 34.6 Å². The van der Waals surface area contributed by atoms with Crippen LogP contribution in [0, 0.1) is 5.82 Å². The molecular formula is C8H7ClFN. The van der Waals surface area contributed by atoms with Gasteiger partial charge in [-0.15, -0.1) is 0 Å². The first-order chi connectivity index (χ1) is 5.27. The summed E-state index contributed by atoms with van der Waals surface area (Å²) in [6.45, 7) is 0.946. The molecule has 1 fully saturated rings. The molecule has 11 heavy (non-hydrogen) atoms. The first-order valence-corrected chi connectivity index (χ1v) is 3.83. The Hall–Kier alpha value is -0.600. The van der Waals surface area contributed by atoms with E-state index in [1.807, 2.05) is 6.07 Å². The zero-order valence-electron chi connectivity index (χ0n) is 5.77. The molecule has 1 nitrogen and oxygen atoms in total. The summed E-state index contributed by atoms with van der Waals surface area (Å²) in [5.74, 6) is -0.335. The third-order valence-corrected chi connectivity index (χ3v) is 2.06. The van der Waals surface area contributed by atoms with Crippen LogP contribution in [0.5, 0.6) is 0 Å². The maximum absolute atomic E-state index is 12.8. The first-order valence-electron chi connectivity index (χ1n) is 3.46. The van der Waals surface area contributed by atoms with Gasteiger partial charge in [-0.3, -0.25) is 0 Å². The number of halogens is 2. The third-order valence-electron chi connectivity index (χ3n) is 1.75. The molecule has 1 heterocycles. The van der Waals surface area contributed by atoms with E-state index in [0.29, 0.717) is 6.04 Å². The van der Waals surface area contributed by atoms with Gasteiger partial charge in [0.05, 0.1) is 5.02 Å². The van der Waals surface area contributed by atoms with Crippen molar-refractivity contribution in [3.63, 3.8) is 0 Å².